The van der Waals surface area contributed by atoms with Crippen molar-refractivity contribution >= 4 is 15.9 Å². The van der Waals surface area contributed by atoms with Crippen LogP contribution >= 0.6 is 15.9 Å². The van der Waals surface area contributed by atoms with Gasteiger partial charge in [0, 0.05) is 17.5 Å². The molecular weight excluding hydrogens is 434 g/mol. The van der Waals surface area contributed by atoms with E-state index in [1.807, 2.05) is 19.9 Å². The minimum Gasteiger partial charge on any atom is -0.493 e. The number of terminal acetylenes is 1. The van der Waals surface area contributed by atoms with Crippen molar-refractivity contribution < 1.29 is 24.3 Å². The highest BCUT2D eigenvalue weighted by molar-refractivity contribution is 9.10. The van der Waals surface area contributed by atoms with Crippen LogP contribution in [0.15, 0.2) is 28.7 Å². The molecule has 0 saturated carbocycles. The number of hydrogen-bond acceptors (Lipinski definition) is 4. The number of methoxy groups -OCH3 is 1. The Morgan fingerprint density at radius 2 is 1.79 bits per heavy atom. The quantitative estimate of drug-likeness (QED) is 0.612. The second kappa shape index (κ2) is 9.91. The molecule has 0 radical (unpaired) electrons. The molecule has 2 aromatic carbocycles. The van der Waals surface area contributed by atoms with Crippen LogP contribution in [0.1, 0.15) is 36.6 Å². The van der Waals surface area contributed by atoms with Crippen molar-refractivity contribution in [3.05, 3.63) is 45.4 Å². The van der Waals surface area contributed by atoms with E-state index in [-0.39, 0.29) is 12.6 Å². The Morgan fingerprint density at radius 1 is 1.07 bits per heavy atom. The van der Waals surface area contributed by atoms with Crippen molar-refractivity contribution in [1.29, 1.82) is 0 Å². The van der Waals surface area contributed by atoms with Crippen LogP contribution < -0.4 is 24.3 Å². The summed E-state index contributed by atoms with van der Waals surface area (Å²) in [6.07, 6.45) is 6.32. The summed E-state index contributed by atoms with van der Waals surface area (Å²) in [6, 6.07) is 8.46. The predicted octanol–water partition coefficient (Wildman–Crippen LogP) is 3.48. The third-order valence-electron chi connectivity index (χ3n) is 4.87. The van der Waals surface area contributed by atoms with Crippen molar-refractivity contribution in [2.24, 2.45) is 0 Å². The molecule has 1 aliphatic rings. The minimum absolute atomic E-state index is 0.125. The van der Waals surface area contributed by atoms with E-state index >= 15 is 0 Å². The molecule has 29 heavy (non-hydrogen) atoms. The first-order valence-corrected chi connectivity index (χ1v) is 10.6. The lowest BCUT2D eigenvalue weighted by atomic mass is 9.89. The Morgan fingerprint density at radius 3 is 2.45 bits per heavy atom. The number of nitrogens with two attached hydrogens (primary N) is 1. The third-order valence-corrected chi connectivity index (χ3v) is 5.46. The first kappa shape index (κ1) is 21.4. The molecule has 154 valence electrons. The van der Waals surface area contributed by atoms with E-state index in [0.29, 0.717) is 24.7 Å². The average Bonchev–Trinajstić information content (AvgIpc) is 2.72. The molecule has 5 nitrogen and oxygen atoms in total. The number of halogens is 1. The van der Waals surface area contributed by atoms with Gasteiger partial charge in [-0.05, 0) is 59.6 Å². The van der Waals surface area contributed by atoms with Crippen LogP contribution in [0.2, 0.25) is 0 Å². The van der Waals surface area contributed by atoms with Crippen LogP contribution in [0.25, 0.3) is 0 Å². The van der Waals surface area contributed by atoms with Crippen LogP contribution in [-0.2, 0) is 6.42 Å². The van der Waals surface area contributed by atoms with E-state index < -0.39 is 0 Å². The summed E-state index contributed by atoms with van der Waals surface area (Å²) in [5, 5.41) is 2.33. The van der Waals surface area contributed by atoms with Gasteiger partial charge in [0.2, 0.25) is 0 Å². The first-order chi connectivity index (χ1) is 14.1. The second-order valence-corrected chi connectivity index (χ2v) is 7.50. The fraction of sp³-hybridized carbons (Fsp3) is 0.391. The molecule has 0 fully saturated rings. The van der Waals surface area contributed by atoms with Gasteiger partial charge in [-0.3, -0.25) is 0 Å². The summed E-state index contributed by atoms with van der Waals surface area (Å²) in [5.41, 5.74) is 3.64. The van der Waals surface area contributed by atoms with Gasteiger partial charge in [0.25, 0.3) is 0 Å². The van der Waals surface area contributed by atoms with Crippen LogP contribution in [0, 0.1) is 12.3 Å². The SMILES string of the molecule is C#CCOc1c(Br)cc(C2[NH2+]CCc3cc(OCC)c(OCC)cc32)cc1OC. The number of ether oxygens (including phenoxy) is 4. The van der Waals surface area contributed by atoms with Crippen LogP contribution in [0.3, 0.4) is 0 Å². The van der Waals surface area contributed by atoms with Gasteiger partial charge < -0.3 is 24.3 Å². The van der Waals surface area contributed by atoms with Gasteiger partial charge in [-0.15, -0.1) is 6.42 Å². The van der Waals surface area contributed by atoms with E-state index in [2.05, 4.69) is 45.4 Å². The summed E-state index contributed by atoms with van der Waals surface area (Å²) in [6.45, 7) is 6.34. The van der Waals surface area contributed by atoms with Crippen LogP contribution in [-0.4, -0.2) is 33.5 Å². The van der Waals surface area contributed by atoms with Crippen molar-refractivity contribution in [3.8, 4) is 35.3 Å². The van der Waals surface area contributed by atoms with Crippen molar-refractivity contribution in [2.45, 2.75) is 26.3 Å². The zero-order valence-corrected chi connectivity index (χ0v) is 18.7. The summed E-state index contributed by atoms with van der Waals surface area (Å²) < 4.78 is 23.7. The highest BCUT2D eigenvalue weighted by Crippen LogP contribution is 2.41. The monoisotopic (exact) mass is 460 g/mol. The van der Waals surface area contributed by atoms with Gasteiger partial charge in [-0.1, -0.05) is 5.92 Å². The number of rotatable bonds is 8. The molecule has 0 saturated heterocycles. The summed E-state index contributed by atoms with van der Waals surface area (Å²) in [7, 11) is 1.63. The van der Waals surface area contributed by atoms with E-state index in [4.69, 9.17) is 25.4 Å². The van der Waals surface area contributed by atoms with E-state index in [1.165, 1.54) is 11.1 Å². The van der Waals surface area contributed by atoms with Gasteiger partial charge in [0.1, 0.15) is 12.6 Å². The third kappa shape index (κ3) is 4.63. The maximum atomic E-state index is 5.86. The molecular formula is C23H27BrNO4+. The highest BCUT2D eigenvalue weighted by Gasteiger charge is 2.29. The van der Waals surface area contributed by atoms with Crippen LogP contribution in [0.4, 0.5) is 0 Å². The van der Waals surface area contributed by atoms with E-state index in [9.17, 15) is 0 Å². The topological polar surface area (TPSA) is 53.5 Å². The molecule has 1 atom stereocenters. The average molecular weight is 461 g/mol. The molecule has 3 rings (SSSR count). The molecule has 6 heteroatoms. The summed E-state index contributed by atoms with van der Waals surface area (Å²) >= 11 is 3.61. The molecule has 1 heterocycles. The lowest BCUT2D eigenvalue weighted by molar-refractivity contribution is -0.690. The fourth-order valence-electron chi connectivity index (χ4n) is 3.68. The minimum atomic E-state index is 0.125. The zero-order chi connectivity index (χ0) is 20.8. The molecule has 0 aliphatic carbocycles. The Hall–Kier alpha value is -2.36. The molecule has 2 N–H and O–H groups in total. The van der Waals surface area contributed by atoms with Gasteiger partial charge >= 0.3 is 0 Å². The normalized spacial score (nSPS) is 15.2. The number of quaternary nitrogens is 1. The molecule has 0 aromatic heterocycles. The van der Waals surface area contributed by atoms with E-state index in [0.717, 1.165) is 34.5 Å². The Kier molecular flexibility index (Phi) is 7.29. The van der Waals surface area contributed by atoms with Crippen molar-refractivity contribution in [1.82, 2.24) is 0 Å². The lowest BCUT2D eigenvalue weighted by Crippen LogP contribution is -2.87. The largest absolute Gasteiger partial charge is 0.493 e. The molecule has 2 aromatic rings. The van der Waals surface area contributed by atoms with E-state index in [1.54, 1.807) is 7.11 Å². The van der Waals surface area contributed by atoms with Gasteiger partial charge in [0.15, 0.2) is 23.0 Å². The summed E-state index contributed by atoms with van der Waals surface area (Å²) in [4.78, 5) is 0. The number of benzene rings is 2. The summed E-state index contributed by atoms with van der Waals surface area (Å²) in [5.74, 6) is 5.36. The zero-order valence-electron chi connectivity index (χ0n) is 17.1. The lowest BCUT2D eigenvalue weighted by Gasteiger charge is -2.26. The smallest absolute Gasteiger partial charge is 0.176 e. The van der Waals surface area contributed by atoms with Crippen LogP contribution in [0.5, 0.6) is 23.0 Å². The maximum Gasteiger partial charge on any atom is 0.176 e. The Labute approximate surface area is 180 Å². The Bertz CT molecular complexity index is 907. The molecule has 1 aliphatic heterocycles. The highest BCUT2D eigenvalue weighted by atomic mass is 79.9. The second-order valence-electron chi connectivity index (χ2n) is 6.64. The molecule has 0 spiro atoms. The molecule has 0 amide bonds. The Balaban J connectivity index is 2.05. The van der Waals surface area contributed by atoms with Gasteiger partial charge in [0.05, 0.1) is 31.3 Å². The molecule has 1 unspecified atom stereocenters. The van der Waals surface area contributed by atoms with Gasteiger partial charge in [-0.25, -0.2) is 0 Å². The number of hydrogen-bond donors (Lipinski definition) is 1. The number of fused-ring (bicyclic) bond motifs is 1. The standard InChI is InChI=1S/C23H26BrNO4/c1-5-10-29-23-18(24)11-16(13-21(23)26-4)22-17-14-20(28-7-3)19(27-6-2)12-15(17)8-9-25-22/h1,11-14,22,25H,6-10H2,2-4H3/p+1. The molecule has 0 bridgehead atoms. The predicted molar refractivity (Wildman–Crippen MR) is 116 cm³/mol. The van der Waals surface area contributed by atoms with Crippen molar-refractivity contribution in [3.63, 3.8) is 0 Å². The maximum absolute atomic E-state index is 5.86. The van der Waals surface area contributed by atoms with Gasteiger partial charge in [-0.2, -0.15) is 0 Å². The first-order valence-electron chi connectivity index (χ1n) is 9.82. The fourth-order valence-corrected chi connectivity index (χ4v) is 4.26. The van der Waals surface area contributed by atoms with Crippen molar-refractivity contribution in [2.75, 3.05) is 33.5 Å².